The SMILES string of the molecule is CC(C)C1CCC[Si](Cc2ccccc2)(CC(F)C(F)F)O1. The summed E-state index contributed by atoms with van der Waals surface area (Å²) < 4.78 is 45.6. The van der Waals surface area contributed by atoms with E-state index in [0.717, 1.165) is 24.4 Å². The molecule has 3 atom stereocenters. The van der Waals surface area contributed by atoms with Gasteiger partial charge in [0, 0.05) is 12.1 Å². The molecule has 124 valence electrons. The Balaban J connectivity index is 2.19. The molecule has 2 rings (SSSR count). The van der Waals surface area contributed by atoms with Crippen molar-refractivity contribution in [3.05, 3.63) is 35.9 Å². The van der Waals surface area contributed by atoms with Gasteiger partial charge in [-0.3, -0.25) is 0 Å². The van der Waals surface area contributed by atoms with E-state index in [9.17, 15) is 13.2 Å². The fourth-order valence-corrected chi connectivity index (χ4v) is 7.87. The average Bonchev–Trinajstić information content (AvgIpc) is 2.48. The zero-order valence-electron chi connectivity index (χ0n) is 13.3. The second-order valence-electron chi connectivity index (χ2n) is 6.69. The van der Waals surface area contributed by atoms with Crippen molar-refractivity contribution < 1.29 is 17.6 Å². The normalized spacial score (nSPS) is 27.3. The van der Waals surface area contributed by atoms with E-state index in [1.807, 2.05) is 30.3 Å². The molecule has 1 nitrogen and oxygen atoms in total. The summed E-state index contributed by atoms with van der Waals surface area (Å²) >= 11 is 0. The summed E-state index contributed by atoms with van der Waals surface area (Å²) in [5, 5.41) is 0. The molecule has 1 aliphatic rings. The van der Waals surface area contributed by atoms with E-state index in [0.29, 0.717) is 12.0 Å². The first kappa shape index (κ1) is 17.5. The van der Waals surface area contributed by atoms with Crippen LogP contribution in [-0.4, -0.2) is 27.0 Å². The highest BCUT2D eigenvalue weighted by Gasteiger charge is 2.44. The minimum absolute atomic E-state index is 0.0778. The third kappa shape index (κ3) is 4.59. The molecule has 1 heterocycles. The second kappa shape index (κ2) is 7.64. The van der Waals surface area contributed by atoms with E-state index in [-0.39, 0.29) is 12.1 Å². The zero-order valence-corrected chi connectivity index (χ0v) is 14.3. The van der Waals surface area contributed by atoms with Crippen LogP contribution in [0.1, 0.15) is 32.3 Å². The Hall–Kier alpha value is -0.813. The molecule has 0 radical (unpaired) electrons. The van der Waals surface area contributed by atoms with Gasteiger partial charge in [-0.2, -0.15) is 0 Å². The highest BCUT2D eigenvalue weighted by atomic mass is 28.4. The molecule has 0 N–H and O–H groups in total. The van der Waals surface area contributed by atoms with E-state index in [1.165, 1.54) is 0 Å². The van der Waals surface area contributed by atoms with Gasteiger partial charge in [-0.1, -0.05) is 50.6 Å². The summed E-state index contributed by atoms with van der Waals surface area (Å²) in [6.07, 6.45) is -3.00. The molecule has 1 fully saturated rings. The van der Waals surface area contributed by atoms with Gasteiger partial charge in [0.2, 0.25) is 8.32 Å². The Kier molecular flexibility index (Phi) is 6.09. The molecular weight excluding hydrogens is 305 g/mol. The lowest BCUT2D eigenvalue weighted by molar-refractivity contribution is 0.0500. The Bertz CT molecular complexity index is 450. The standard InChI is InChI=1S/C17H25F3OSi/c1-13(2)16-9-6-10-22(21-16,12-15(18)17(19)20)11-14-7-4-3-5-8-14/h3-5,7-8,13,15-17H,6,9-12H2,1-2H3. The first-order chi connectivity index (χ1) is 10.4. The largest absolute Gasteiger partial charge is 0.413 e. The smallest absolute Gasteiger partial charge is 0.269 e. The van der Waals surface area contributed by atoms with E-state index in [1.54, 1.807) is 0 Å². The number of hydrogen-bond donors (Lipinski definition) is 0. The van der Waals surface area contributed by atoms with E-state index in [2.05, 4.69) is 13.8 Å². The lowest BCUT2D eigenvalue weighted by Crippen LogP contribution is -2.51. The lowest BCUT2D eigenvalue weighted by Gasteiger charge is -2.42. The van der Waals surface area contributed by atoms with Crippen molar-refractivity contribution in [2.45, 2.75) is 63.5 Å². The van der Waals surface area contributed by atoms with Crippen LogP contribution < -0.4 is 0 Å². The molecule has 5 heteroatoms. The minimum Gasteiger partial charge on any atom is -0.413 e. The van der Waals surface area contributed by atoms with Crippen LogP contribution in [0.5, 0.6) is 0 Å². The lowest BCUT2D eigenvalue weighted by atomic mass is 10.0. The van der Waals surface area contributed by atoms with Crippen molar-refractivity contribution in [2.24, 2.45) is 5.92 Å². The van der Waals surface area contributed by atoms with Crippen LogP contribution in [0.4, 0.5) is 13.2 Å². The van der Waals surface area contributed by atoms with E-state index >= 15 is 0 Å². The van der Waals surface area contributed by atoms with Crippen LogP contribution in [0.15, 0.2) is 30.3 Å². The van der Waals surface area contributed by atoms with Gasteiger partial charge in [0.1, 0.15) is 0 Å². The van der Waals surface area contributed by atoms with Crippen molar-refractivity contribution >= 4 is 8.32 Å². The molecule has 1 aromatic carbocycles. The topological polar surface area (TPSA) is 9.23 Å². The van der Waals surface area contributed by atoms with Gasteiger partial charge in [-0.05, 0) is 30.0 Å². The fourth-order valence-electron chi connectivity index (χ4n) is 3.30. The molecule has 1 saturated heterocycles. The first-order valence-corrected chi connectivity index (χ1v) is 10.6. The van der Waals surface area contributed by atoms with Crippen molar-refractivity contribution in [1.29, 1.82) is 0 Å². The van der Waals surface area contributed by atoms with Crippen LogP contribution in [-0.2, 0) is 10.5 Å². The maximum Gasteiger partial charge on any atom is 0.269 e. The van der Waals surface area contributed by atoms with Gasteiger partial charge in [0.25, 0.3) is 6.43 Å². The van der Waals surface area contributed by atoms with Gasteiger partial charge >= 0.3 is 0 Å². The maximum absolute atomic E-state index is 13.8. The molecule has 3 unspecified atom stereocenters. The molecule has 0 amide bonds. The molecule has 0 bridgehead atoms. The van der Waals surface area contributed by atoms with Crippen molar-refractivity contribution in [2.75, 3.05) is 0 Å². The van der Waals surface area contributed by atoms with Crippen LogP contribution in [0.25, 0.3) is 0 Å². The summed E-state index contributed by atoms with van der Waals surface area (Å²) in [6, 6.07) is 11.1. The van der Waals surface area contributed by atoms with Crippen molar-refractivity contribution in [1.82, 2.24) is 0 Å². The fraction of sp³-hybridized carbons (Fsp3) is 0.647. The summed E-state index contributed by atoms with van der Waals surface area (Å²) in [6.45, 7) is 4.16. The molecule has 0 saturated carbocycles. The molecule has 22 heavy (non-hydrogen) atoms. The summed E-state index contributed by atoms with van der Waals surface area (Å²) in [4.78, 5) is 0. The van der Waals surface area contributed by atoms with Gasteiger partial charge in [0.05, 0.1) is 0 Å². The van der Waals surface area contributed by atoms with Gasteiger partial charge in [-0.25, -0.2) is 13.2 Å². The Morgan fingerprint density at radius 2 is 1.86 bits per heavy atom. The first-order valence-electron chi connectivity index (χ1n) is 8.06. The van der Waals surface area contributed by atoms with E-state index in [4.69, 9.17) is 4.43 Å². The molecule has 0 aromatic heterocycles. The average molecular weight is 330 g/mol. The van der Waals surface area contributed by atoms with Crippen molar-refractivity contribution in [3.8, 4) is 0 Å². The summed E-state index contributed by atoms with van der Waals surface area (Å²) in [7, 11) is -2.53. The predicted molar refractivity (Wildman–Crippen MR) is 85.4 cm³/mol. The van der Waals surface area contributed by atoms with Crippen LogP contribution in [0, 0.1) is 5.92 Å². The van der Waals surface area contributed by atoms with Gasteiger partial charge < -0.3 is 4.43 Å². The second-order valence-corrected chi connectivity index (χ2v) is 10.6. The van der Waals surface area contributed by atoms with Crippen LogP contribution in [0.3, 0.4) is 0 Å². The van der Waals surface area contributed by atoms with Crippen LogP contribution in [0.2, 0.25) is 12.1 Å². The number of rotatable bonds is 6. The summed E-state index contributed by atoms with van der Waals surface area (Å²) in [5.74, 6) is 0.340. The predicted octanol–water partition coefficient (Wildman–Crippen LogP) is 5.15. The Morgan fingerprint density at radius 1 is 1.18 bits per heavy atom. The third-order valence-corrected chi connectivity index (χ3v) is 8.73. The van der Waals surface area contributed by atoms with Gasteiger partial charge in [-0.15, -0.1) is 0 Å². The monoisotopic (exact) mass is 330 g/mol. The van der Waals surface area contributed by atoms with E-state index < -0.39 is 20.9 Å². The highest BCUT2D eigenvalue weighted by Crippen LogP contribution is 2.37. The maximum atomic E-state index is 13.8. The van der Waals surface area contributed by atoms with Gasteiger partial charge in [0.15, 0.2) is 6.17 Å². The Labute approximate surface area is 132 Å². The summed E-state index contributed by atoms with van der Waals surface area (Å²) in [5.41, 5.74) is 1.07. The number of hydrogen-bond acceptors (Lipinski definition) is 1. The molecule has 0 aliphatic carbocycles. The highest BCUT2D eigenvalue weighted by molar-refractivity contribution is 6.73. The molecule has 1 aliphatic heterocycles. The Morgan fingerprint density at radius 3 is 2.45 bits per heavy atom. The molecular formula is C17H25F3OSi. The quantitative estimate of drug-likeness (QED) is 0.655. The number of benzene rings is 1. The number of alkyl halides is 3. The van der Waals surface area contributed by atoms with Crippen LogP contribution >= 0.6 is 0 Å². The number of halogens is 3. The van der Waals surface area contributed by atoms with Crippen molar-refractivity contribution in [3.63, 3.8) is 0 Å². The minimum atomic E-state index is -2.91. The molecule has 0 spiro atoms. The third-order valence-electron chi connectivity index (χ3n) is 4.48. The zero-order chi connectivity index (χ0) is 16.2. The molecule has 1 aromatic rings.